The topological polar surface area (TPSA) is 21.3 Å². The fourth-order valence-corrected chi connectivity index (χ4v) is 2.14. The largest absolute Gasteiger partial charge is 0.375 e. The average molecular weight is 225 g/mol. The molecule has 0 aromatic carbocycles. The van der Waals surface area contributed by atoms with Crippen LogP contribution in [0, 0.1) is 0 Å². The van der Waals surface area contributed by atoms with Gasteiger partial charge < -0.3 is 10.1 Å². The van der Waals surface area contributed by atoms with E-state index in [4.69, 9.17) is 4.74 Å². The molecule has 0 radical (unpaired) electrons. The summed E-state index contributed by atoms with van der Waals surface area (Å²) >= 11 is 0. The second kappa shape index (κ2) is 7.08. The van der Waals surface area contributed by atoms with Gasteiger partial charge in [-0.05, 0) is 45.1 Å². The van der Waals surface area contributed by atoms with Crippen molar-refractivity contribution in [2.45, 2.75) is 64.0 Å². The molecule has 1 N–H and O–H groups in total. The van der Waals surface area contributed by atoms with Crippen molar-refractivity contribution >= 4 is 0 Å². The van der Waals surface area contributed by atoms with Gasteiger partial charge >= 0.3 is 0 Å². The maximum absolute atomic E-state index is 6.06. The van der Waals surface area contributed by atoms with Crippen LogP contribution in [0.1, 0.15) is 52.4 Å². The van der Waals surface area contributed by atoms with Crippen molar-refractivity contribution in [1.82, 2.24) is 5.32 Å². The van der Waals surface area contributed by atoms with Crippen LogP contribution in [0.3, 0.4) is 0 Å². The van der Waals surface area contributed by atoms with Gasteiger partial charge in [0.05, 0.1) is 5.60 Å². The Hall–Kier alpha value is -0.340. The monoisotopic (exact) mass is 225 g/mol. The number of allylic oxidation sites excluding steroid dienone is 1. The van der Waals surface area contributed by atoms with Gasteiger partial charge in [0.15, 0.2) is 0 Å². The van der Waals surface area contributed by atoms with E-state index in [1.165, 1.54) is 25.7 Å². The molecule has 1 rings (SSSR count). The Morgan fingerprint density at radius 2 is 2.19 bits per heavy atom. The van der Waals surface area contributed by atoms with Crippen LogP contribution in [0.4, 0.5) is 0 Å². The quantitative estimate of drug-likeness (QED) is 0.480. The molecule has 0 unspecified atom stereocenters. The van der Waals surface area contributed by atoms with Gasteiger partial charge in [0.25, 0.3) is 0 Å². The third-order valence-corrected chi connectivity index (χ3v) is 3.36. The van der Waals surface area contributed by atoms with E-state index in [-0.39, 0.29) is 5.60 Å². The van der Waals surface area contributed by atoms with E-state index in [1.54, 1.807) is 0 Å². The van der Waals surface area contributed by atoms with Gasteiger partial charge in [0, 0.05) is 12.6 Å². The van der Waals surface area contributed by atoms with Gasteiger partial charge in [-0.2, -0.15) is 0 Å². The van der Waals surface area contributed by atoms with Crippen LogP contribution in [0.5, 0.6) is 0 Å². The van der Waals surface area contributed by atoms with Crippen molar-refractivity contribution in [3.05, 3.63) is 12.7 Å². The molecular formula is C14H27NO. The van der Waals surface area contributed by atoms with E-state index in [2.05, 4.69) is 25.7 Å². The Morgan fingerprint density at radius 3 is 2.69 bits per heavy atom. The number of unbranched alkanes of at least 4 members (excludes halogenated alkanes) is 1. The zero-order valence-corrected chi connectivity index (χ0v) is 10.9. The first-order valence-electron chi connectivity index (χ1n) is 6.67. The highest BCUT2D eigenvalue weighted by Crippen LogP contribution is 2.38. The first kappa shape index (κ1) is 13.7. The van der Waals surface area contributed by atoms with Crippen molar-refractivity contribution < 1.29 is 4.74 Å². The number of hydrogen-bond donors (Lipinski definition) is 1. The fraction of sp³-hybridized carbons (Fsp3) is 0.857. The molecule has 94 valence electrons. The predicted molar refractivity (Wildman–Crippen MR) is 69.7 cm³/mol. The minimum absolute atomic E-state index is 0.211. The predicted octanol–water partition coefficient (Wildman–Crippen LogP) is 3.28. The molecular weight excluding hydrogens is 198 g/mol. The van der Waals surface area contributed by atoms with Crippen LogP contribution in [0.25, 0.3) is 0 Å². The van der Waals surface area contributed by atoms with Crippen molar-refractivity contribution in [2.24, 2.45) is 0 Å². The van der Waals surface area contributed by atoms with Crippen LogP contribution in [0.15, 0.2) is 12.7 Å². The lowest BCUT2D eigenvalue weighted by Crippen LogP contribution is -2.43. The van der Waals surface area contributed by atoms with Crippen LogP contribution in [-0.4, -0.2) is 24.8 Å². The highest BCUT2D eigenvalue weighted by Gasteiger charge is 2.37. The number of hydrogen-bond acceptors (Lipinski definition) is 2. The molecule has 0 atom stereocenters. The molecule has 1 aliphatic carbocycles. The molecule has 0 saturated heterocycles. The minimum Gasteiger partial charge on any atom is -0.375 e. The zero-order valence-electron chi connectivity index (χ0n) is 10.9. The standard InChI is InChI=1S/C14H27NO/c1-4-5-6-12-16-14(8-7-9-14)10-11-15-13(2)3/h4,13,15H,1,5-12H2,2-3H3. The Kier molecular flexibility index (Phi) is 6.07. The summed E-state index contributed by atoms with van der Waals surface area (Å²) in [4.78, 5) is 0. The molecule has 0 aliphatic heterocycles. The number of rotatable bonds is 9. The smallest absolute Gasteiger partial charge is 0.0694 e. The third kappa shape index (κ3) is 4.67. The molecule has 2 heteroatoms. The van der Waals surface area contributed by atoms with Crippen molar-refractivity contribution in [3.63, 3.8) is 0 Å². The maximum Gasteiger partial charge on any atom is 0.0694 e. The highest BCUT2D eigenvalue weighted by molar-refractivity contribution is 4.90. The normalized spacial score (nSPS) is 18.4. The summed E-state index contributed by atoms with van der Waals surface area (Å²) in [5.41, 5.74) is 0.211. The van der Waals surface area contributed by atoms with E-state index >= 15 is 0 Å². The van der Waals surface area contributed by atoms with E-state index in [9.17, 15) is 0 Å². The molecule has 1 fully saturated rings. The molecule has 2 nitrogen and oxygen atoms in total. The lowest BCUT2D eigenvalue weighted by atomic mass is 9.77. The van der Waals surface area contributed by atoms with Crippen LogP contribution < -0.4 is 5.32 Å². The molecule has 0 aromatic heterocycles. The Labute approximate surface area is 100 Å². The molecule has 0 heterocycles. The van der Waals surface area contributed by atoms with Crippen LogP contribution in [-0.2, 0) is 4.74 Å². The molecule has 0 amide bonds. The second-order valence-corrected chi connectivity index (χ2v) is 5.17. The van der Waals surface area contributed by atoms with E-state index in [1.807, 2.05) is 6.08 Å². The molecule has 1 saturated carbocycles. The molecule has 0 bridgehead atoms. The average Bonchev–Trinajstić information content (AvgIpc) is 2.19. The van der Waals surface area contributed by atoms with Gasteiger partial charge in [-0.3, -0.25) is 0 Å². The van der Waals surface area contributed by atoms with Gasteiger partial charge in [0.1, 0.15) is 0 Å². The summed E-state index contributed by atoms with van der Waals surface area (Å²) in [6, 6.07) is 0.581. The van der Waals surface area contributed by atoms with E-state index < -0.39 is 0 Å². The summed E-state index contributed by atoms with van der Waals surface area (Å²) in [7, 11) is 0. The first-order valence-corrected chi connectivity index (χ1v) is 6.67. The van der Waals surface area contributed by atoms with Crippen LogP contribution >= 0.6 is 0 Å². The Bertz CT molecular complexity index is 197. The summed E-state index contributed by atoms with van der Waals surface area (Å²) in [6.07, 6.45) is 9.16. The fourth-order valence-electron chi connectivity index (χ4n) is 2.14. The number of nitrogens with one attached hydrogen (secondary N) is 1. The minimum atomic E-state index is 0.211. The Morgan fingerprint density at radius 1 is 1.44 bits per heavy atom. The van der Waals surface area contributed by atoms with Gasteiger partial charge in [-0.25, -0.2) is 0 Å². The van der Waals surface area contributed by atoms with Gasteiger partial charge in [-0.1, -0.05) is 19.9 Å². The first-order chi connectivity index (χ1) is 7.68. The van der Waals surface area contributed by atoms with E-state index in [0.717, 1.165) is 26.0 Å². The Balaban J connectivity index is 2.14. The summed E-state index contributed by atoms with van der Waals surface area (Å²) in [5.74, 6) is 0. The van der Waals surface area contributed by atoms with Crippen molar-refractivity contribution in [1.29, 1.82) is 0 Å². The van der Waals surface area contributed by atoms with Gasteiger partial charge in [-0.15, -0.1) is 6.58 Å². The van der Waals surface area contributed by atoms with Crippen molar-refractivity contribution in [2.75, 3.05) is 13.2 Å². The summed E-state index contributed by atoms with van der Waals surface area (Å²) < 4.78 is 6.06. The SMILES string of the molecule is C=CCCCOC1(CCNC(C)C)CCC1. The van der Waals surface area contributed by atoms with Crippen molar-refractivity contribution in [3.8, 4) is 0 Å². The molecule has 16 heavy (non-hydrogen) atoms. The number of ether oxygens (including phenoxy) is 1. The zero-order chi connectivity index (χ0) is 11.9. The highest BCUT2D eigenvalue weighted by atomic mass is 16.5. The lowest BCUT2D eigenvalue weighted by molar-refractivity contribution is -0.105. The second-order valence-electron chi connectivity index (χ2n) is 5.17. The third-order valence-electron chi connectivity index (χ3n) is 3.36. The summed E-state index contributed by atoms with van der Waals surface area (Å²) in [5, 5.41) is 3.47. The molecule has 0 aromatic rings. The summed E-state index contributed by atoms with van der Waals surface area (Å²) in [6.45, 7) is 10.1. The van der Waals surface area contributed by atoms with E-state index in [0.29, 0.717) is 6.04 Å². The molecule has 1 aliphatic rings. The molecule has 0 spiro atoms. The lowest BCUT2D eigenvalue weighted by Gasteiger charge is -2.42. The maximum atomic E-state index is 6.06. The van der Waals surface area contributed by atoms with Gasteiger partial charge in [0.2, 0.25) is 0 Å². The van der Waals surface area contributed by atoms with Crippen LogP contribution in [0.2, 0.25) is 0 Å².